The van der Waals surface area contributed by atoms with Crippen LogP contribution >= 0.6 is 0 Å². The van der Waals surface area contributed by atoms with Crippen LogP contribution in [-0.2, 0) is 30.9 Å². The second kappa shape index (κ2) is 7.06. The molecule has 27 heavy (non-hydrogen) atoms. The van der Waals surface area contributed by atoms with Crippen LogP contribution in [0.15, 0.2) is 41.5 Å². The van der Waals surface area contributed by atoms with Crippen molar-refractivity contribution in [1.29, 1.82) is 0 Å². The Kier molecular flexibility index (Phi) is 4.96. The second-order valence-corrected chi connectivity index (χ2v) is 6.67. The third-order valence-electron chi connectivity index (χ3n) is 5.42. The summed E-state index contributed by atoms with van der Waals surface area (Å²) in [5.74, 6) is 0.0820. The Morgan fingerprint density at radius 2 is 1.74 bits per heavy atom. The molecular weight excluding hydrogens is 344 g/mol. The summed E-state index contributed by atoms with van der Waals surface area (Å²) in [6.45, 7) is 6.03. The summed E-state index contributed by atoms with van der Waals surface area (Å²) in [5.41, 5.74) is 2.77. The first kappa shape index (κ1) is 19.0. The molecule has 142 valence electrons. The number of esters is 2. The van der Waals surface area contributed by atoms with Crippen LogP contribution in [0.5, 0.6) is 5.75 Å². The normalized spacial score (nSPS) is 14.9. The lowest BCUT2D eigenvalue weighted by atomic mass is 9.83. The fraction of sp³-hybridized carbons (Fsp3) is 0.364. The minimum Gasteiger partial charge on any atom is -0.496 e. The van der Waals surface area contributed by atoms with Gasteiger partial charge in [0, 0.05) is 5.56 Å². The molecule has 2 aromatic rings. The van der Waals surface area contributed by atoms with E-state index in [9.17, 15) is 9.59 Å². The molecule has 0 saturated heterocycles. The Balaban J connectivity index is 2.19. The van der Waals surface area contributed by atoms with E-state index in [1.807, 2.05) is 44.2 Å². The first-order valence-electron chi connectivity index (χ1n) is 8.94. The Bertz CT molecular complexity index is 943. The molecule has 5 nitrogen and oxygen atoms in total. The number of methoxy groups -OCH3 is 2. The highest BCUT2D eigenvalue weighted by Crippen LogP contribution is 2.58. The summed E-state index contributed by atoms with van der Waals surface area (Å²) in [4.78, 5) is 24.5. The minimum absolute atomic E-state index is 0.202. The quantitative estimate of drug-likeness (QED) is 0.574. The molecule has 5 heteroatoms. The monoisotopic (exact) mass is 368 g/mol. The van der Waals surface area contributed by atoms with Crippen molar-refractivity contribution in [3.8, 4) is 5.75 Å². The van der Waals surface area contributed by atoms with Gasteiger partial charge >= 0.3 is 11.9 Å². The SMILES string of the molecule is CCOC(=O)C1(c2c(OC)ccc3cc(CC(=O)OC)ccc23)C(C)=C1C. The number of benzene rings is 2. The van der Waals surface area contributed by atoms with Crippen LogP contribution in [-0.4, -0.2) is 32.8 Å². The van der Waals surface area contributed by atoms with Crippen LogP contribution in [0.3, 0.4) is 0 Å². The van der Waals surface area contributed by atoms with Crippen molar-refractivity contribution in [3.05, 3.63) is 52.6 Å². The number of ether oxygens (including phenoxy) is 3. The fourth-order valence-electron chi connectivity index (χ4n) is 3.85. The molecular formula is C22H24O5. The number of fused-ring (bicyclic) bond motifs is 1. The number of rotatable bonds is 6. The Hall–Kier alpha value is -2.82. The van der Waals surface area contributed by atoms with Gasteiger partial charge in [-0.1, -0.05) is 24.3 Å². The van der Waals surface area contributed by atoms with E-state index in [-0.39, 0.29) is 18.4 Å². The lowest BCUT2D eigenvalue weighted by molar-refractivity contribution is -0.145. The van der Waals surface area contributed by atoms with Crippen molar-refractivity contribution in [2.24, 2.45) is 0 Å². The second-order valence-electron chi connectivity index (χ2n) is 6.67. The van der Waals surface area contributed by atoms with Crippen LogP contribution < -0.4 is 4.74 Å². The van der Waals surface area contributed by atoms with Gasteiger partial charge in [0.2, 0.25) is 0 Å². The molecule has 0 radical (unpaired) electrons. The zero-order chi connectivity index (χ0) is 19.8. The number of carbonyl (C=O) groups excluding carboxylic acids is 2. The van der Waals surface area contributed by atoms with E-state index in [0.717, 1.165) is 33.0 Å². The van der Waals surface area contributed by atoms with Gasteiger partial charge in [-0.15, -0.1) is 0 Å². The van der Waals surface area contributed by atoms with Gasteiger partial charge in [-0.2, -0.15) is 0 Å². The molecule has 0 heterocycles. The predicted octanol–water partition coefficient (Wildman–Crippen LogP) is 3.71. The molecule has 0 saturated carbocycles. The summed E-state index contributed by atoms with van der Waals surface area (Å²) in [6.07, 6.45) is 0.202. The molecule has 0 amide bonds. The third kappa shape index (κ3) is 2.87. The highest BCUT2D eigenvalue weighted by molar-refractivity contribution is 6.05. The van der Waals surface area contributed by atoms with Gasteiger partial charge in [0.25, 0.3) is 0 Å². The summed E-state index contributed by atoms with van der Waals surface area (Å²) >= 11 is 0. The number of hydrogen-bond acceptors (Lipinski definition) is 5. The largest absolute Gasteiger partial charge is 0.496 e. The van der Waals surface area contributed by atoms with E-state index in [2.05, 4.69) is 0 Å². The molecule has 1 aliphatic carbocycles. The standard InChI is InChI=1S/C22H24O5/c1-6-27-21(24)22(13(2)14(22)3)20-17-9-7-15(12-19(23)26-5)11-16(17)8-10-18(20)25-4/h7-11H,6,12H2,1-5H3. The van der Waals surface area contributed by atoms with E-state index in [1.165, 1.54) is 7.11 Å². The average Bonchev–Trinajstić information content (AvgIpc) is 3.21. The number of hydrogen-bond donors (Lipinski definition) is 0. The van der Waals surface area contributed by atoms with Crippen molar-refractivity contribution in [2.75, 3.05) is 20.8 Å². The van der Waals surface area contributed by atoms with Gasteiger partial charge in [-0.25, -0.2) is 0 Å². The van der Waals surface area contributed by atoms with Crippen molar-refractivity contribution in [1.82, 2.24) is 0 Å². The van der Waals surface area contributed by atoms with Crippen LogP contribution in [0.2, 0.25) is 0 Å². The average molecular weight is 368 g/mol. The fourth-order valence-corrected chi connectivity index (χ4v) is 3.85. The van der Waals surface area contributed by atoms with Gasteiger partial charge in [0.05, 0.1) is 27.2 Å². The molecule has 0 bridgehead atoms. The van der Waals surface area contributed by atoms with Crippen LogP contribution in [0.4, 0.5) is 0 Å². The maximum absolute atomic E-state index is 12.9. The van der Waals surface area contributed by atoms with Crippen molar-refractivity contribution >= 4 is 22.7 Å². The maximum Gasteiger partial charge on any atom is 0.325 e. The topological polar surface area (TPSA) is 61.8 Å². The molecule has 0 fully saturated rings. The predicted molar refractivity (Wildman–Crippen MR) is 103 cm³/mol. The van der Waals surface area contributed by atoms with Gasteiger partial charge < -0.3 is 14.2 Å². The van der Waals surface area contributed by atoms with Crippen LogP contribution in [0.1, 0.15) is 31.9 Å². The summed E-state index contributed by atoms with van der Waals surface area (Å²) in [5, 5.41) is 1.84. The summed E-state index contributed by atoms with van der Waals surface area (Å²) in [7, 11) is 2.97. The molecule has 0 spiro atoms. The lowest BCUT2D eigenvalue weighted by Gasteiger charge is -2.23. The Morgan fingerprint density at radius 1 is 1.04 bits per heavy atom. The van der Waals surface area contributed by atoms with Gasteiger partial charge in [0.1, 0.15) is 11.2 Å². The number of carbonyl (C=O) groups is 2. The molecule has 0 atom stereocenters. The van der Waals surface area contributed by atoms with E-state index in [1.54, 1.807) is 14.0 Å². The molecule has 2 aromatic carbocycles. The third-order valence-corrected chi connectivity index (χ3v) is 5.42. The molecule has 0 unspecified atom stereocenters. The summed E-state index contributed by atoms with van der Waals surface area (Å²) in [6, 6.07) is 9.56. The molecule has 1 aliphatic rings. The first-order valence-corrected chi connectivity index (χ1v) is 8.94. The van der Waals surface area contributed by atoms with Crippen molar-refractivity contribution in [2.45, 2.75) is 32.6 Å². The van der Waals surface area contributed by atoms with E-state index < -0.39 is 5.41 Å². The van der Waals surface area contributed by atoms with Gasteiger partial charge in [-0.3, -0.25) is 9.59 Å². The van der Waals surface area contributed by atoms with Gasteiger partial charge in [0.15, 0.2) is 0 Å². The molecule has 0 aliphatic heterocycles. The molecule has 3 rings (SSSR count). The first-order chi connectivity index (χ1) is 12.9. The minimum atomic E-state index is -0.870. The molecule has 0 N–H and O–H groups in total. The van der Waals surface area contributed by atoms with Gasteiger partial charge in [-0.05, 0) is 54.3 Å². The maximum atomic E-state index is 12.9. The zero-order valence-electron chi connectivity index (χ0n) is 16.3. The highest BCUT2D eigenvalue weighted by Gasteiger charge is 2.59. The van der Waals surface area contributed by atoms with E-state index in [4.69, 9.17) is 14.2 Å². The molecule has 0 aromatic heterocycles. The van der Waals surface area contributed by atoms with E-state index in [0.29, 0.717) is 12.4 Å². The highest BCUT2D eigenvalue weighted by atomic mass is 16.5. The zero-order valence-corrected chi connectivity index (χ0v) is 16.3. The summed E-state index contributed by atoms with van der Waals surface area (Å²) < 4.78 is 15.8. The lowest BCUT2D eigenvalue weighted by Crippen LogP contribution is -2.29. The van der Waals surface area contributed by atoms with Crippen LogP contribution in [0.25, 0.3) is 10.8 Å². The van der Waals surface area contributed by atoms with Crippen molar-refractivity contribution < 1.29 is 23.8 Å². The van der Waals surface area contributed by atoms with E-state index >= 15 is 0 Å². The van der Waals surface area contributed by atoms with Crippen molar-refractivity contribution in [3.63, 3.8) is 0 Å². The smallest absolute Gasteiger partial charge is 0.325 e. The van der Waals surface area contributed by atoms with Crippen LogP contribution in [0, 0.1) is 0 Å². The Morgan fingerprint density at radius 3 is 2.30 bits per heavy atom. The Labute approximate surface area is 158 Å².